The lowest BCUT2D eigenvalue weighted by Gasteiger charge is -2.14. The van der Waals surface area contributed by atoms with Gasteiger partial charge >= 0.3 is 0 Å². The predicted molar refractivity (Wildman–Crippen MR) is 71.4 cm³/mol. The van der Waals surface area contributed by atoms with Gasteiger partial charge in [-0.05, 0) is 18.3 Å². The molecular weight excluding hydrogens is 212 g/mol. The van der Waals surface area contributed by atoms with Crippen LogP contribution in [0, 0.1) is 5.41 Å². The number of aromatic nitrogens is 2. The van der Waals surface area contributed by atoms with Crippen LogP contribution in [0.3, 0.4) is 0 Å². The van der Waals surface area contributed by atoms with Gasteiger partial charge in [-0.15, -0.1) is 0 Å². The van der Waals surface area contributed by atoms with E-state index in [2.05, 4.69) is 41.4 Å². The van der Waals surface area contributed by atoms with E-state index in [1.807, 2.05) is 7.05 Å². The molecule has 1 heterocycles. The minimum atomic E-state index is 0.411. The number of nitrogens with one attached hydrogen (secondary N) is 2. The number of rotatable bonds is 5. The van der Waals surface area contributed by atoms with Gasteiger partial charge in [-0.25, -0.2) is 9.97 Å². The van der Waals surface area contributed by atoms with Crippen molar-refractivity contribution in [2.24, 2.45) is 5.41 Å². The molecule has 1 aliphatic rings. The minimum absolute atomic E-state index is 0.411. The summed E-state index contributed by atoms with van der Waals surface area (Å²) in [5.74, 6) is 1.95. The molecule has 1 aliphatic carbocycles. The average Bonchev–Trinajstić information content (AvgIpc) is 2.89. The molecule has 0 aliphatic heterocycles. The van der Waals surface area contributed by atoms with Crippen molar-refractivity contribution in [1.82, 2.24) is 9.97 Å². The van der Waals surface area contributed by atoms with Crippen molar-refractivity contribution < 1.29 is 0 Å². The molecule has 4 heteroatoms. The zero-order valence-corrected chi connectivity index (χ0v) is 11.2. The van der Waals surface area contributed by atoms with Crippen LogP contribution < -0.4 is 10.6 Å². The highest BCUT2D eigenvalue weighted by molar-refractivity contribution is 5.58. The van der Waals surface area contributed by atoms with E-state index in [1.165, 1.54) is 12.0 Å². The molecular formula is C13H22N4. The van der Waals surface area contributed by atoms with Gasteiger partial charge in [0.1, 0.15) is 18.0 Å². The highest BCUT2D eigenvalue weighted by atomic mass is 15.1. The fourth-order valence-electron chi connectivity index (χ4n) is 2.12. The maximum absolute atomic E-state index is 4.39. The number of hydrogen-bond donors (Lipinski definition) is 2. The highest BCUT2D eigenvalue weighted by Gasteiger charge is 2.46. The Morgan fingerprint density at radius 2 is 2.00 bits per heavy atom. The van der Waals surface area contributed by atoms with Gasteiger partial charge in [0.2, 0.25) is 0 Å². The van der Waals surface area contributed by atoms with Crippen LogP contribution in [0.4, 0.5) is 11.6 Å². The van der Waals surface area contributed by atoms with Crippen LogP contribution >= 0.6 is 0 Å². The molecule has 1 aromatic heterocycles. The highest BCUT2D eigenvalue weighted by Crippen LogP contribution is 2.46. The Balaban J connectivity index is 2.20. The van der Waals surface area contributed by atoms with E-state index in [-0.39, 0.29) is 0 Å². The molecule has 4 nitrogen and oxygen atoms in total. The Hall–Kier alpha value is -1.32. The van der Waals surface area contributed by atoms with Crippen LogP contribution in [-0.2, 0) is 6.42 Å². The van der Waals surface area contributed by atoms with Gasteiger partial charge in [0.05, 0.1) is 0 Å². The molecule has 0 aromatic carbocycles. The maximum atomic E-state index is 4.39. The van der Waals surface area contributed by atoms with E-state index in [0.29, 0.717) is 11.5 Å². The maximum Gasteiger partial charge on any atom is 0.134 e. The summed E-state index contributed by atoms with van der Waals surface area (Å²) in [7, 11) is 1.91. The summed E-state index contributed by atoms with van der Waals surface area (Å²) in [4.78, 5) is 8.67. The second kappa shape index (κ2) is 4.51. The smallest absolute Gasteiger partial charge is 0.134 e. The Morgan fingerprint density at radius 1 is 1.35 bits per heavy atom. The number of hydrogen-bond acceptors (Lipinski definition) is 4. The monoisotopic (exact) mass is 234 g/mol. The molecule has 0 amide bonds. The van der Waals surface area contributed by atoms with Crippen molar-refractivity contribution >= 4 is 11.6 Å². The molecule has 94 valence electrons. The van der Waals surface area contributed by atoms with E-state index >= 15 is 0 Å². The lowest BCUT2D eigenvalue weighted by Crippen LogP contribution is -2.13. The topological polar surface area (TPSA) is 49.8 Å². The molecule has 0 spiro atoms. The summed E-state index contributed by atoms with van der Waals surface area (Å²) in [5.41, 5.74) is 1.62. The van der Waals surface area contributed by atoms with E-state index < -0.39 is 0 Å². The van der Waals surface area contributed by atoms with Gasteiger partial charge in [0.15, 0.2) is 0 Å². The summed E-state index contributed by atoms with van der Waals surface area (Å²) < 4.78 is 0. The van der Waals surface area contributed by atoms with Crippen LogP contribution in [0.25, 0.3) is 0 Å². The van der Waals surface area contributed by atoms with Crippen LogP contribution in [0.5, 0.6) is 0 Å². The third-order valence-corrected chi connectivity index (χ3v) is 3.51. The molecule has 0 saturated heterocycles. The lowest BCUT2D eigenvalue weighted by atomic mass is 10.1. The third-order valence-electron chi connectivity index (χ3n) is 3.51. The van der Waals surface area contributed by atoms with Crippen molar-refractivity contribution in [1.29, 1.82) is 0 Å². The molecule has 1 fully saturated rings. The van der Waals surface area contributed by atoms with Crippen LogP contribution in [0.2, 0.25) is 0 Å². The molecule has 1 aromatic rings. The Morgan fingerprint density at radius 3 is 2.53 bits per heavy atom. The van der Waals surface area contributed by atoms with Gasteiger partial charge < -0.3 is 10.6 Å². The molecule has 1 atom stereocenters. The molecule has 0 bridgehead atoms. The van der Waals surface area contributed by atoms with Crippen LogP contribution in [-0.4, -0.2) is 23.1 Å². The first-order valence-corrected chi connectivity index (χ1v) is 6.36. The summed E-state index contributed by atoms with van der Waals surface area (Å²) in [6.07, 6.45) is 4.96. The first kappa shape index (κ1) is 12.1. The first-order valence-electron chi connectivity index (χ1n) is 6.36. The molecule has 0 radical (unpaired) electrons. The number of anilines is 2. The van der Waals surface area contributed by atoms with Crippen molar-refractivity contribution in [3.8, 4) is 0 Å². The van der Waals surface area contributed by atoms with Gasteiger partial charge in [-0.1, -0.05) is 27.2 Å². The second-order valence-electron chi connectivity index (χ2n) is 5.44. The van der Waals surface area contributed by atoms with E-state index in [0.717, 1.165) is 24.5 Å². The van der Waals surface area contributed by atoms with Gasteiger partial charge in [0, 0.05) is 18.7 Å². The average molecular weight is 234 g/mol. The zero-order chi connectivity index (χ0) is 12.5. The fourth-order valence-corrected chi connectivity index (χ4v) is 2.12. The normalized spacial score (nSPS) is 21.1. The molecule has 17 heavy (non-hydrogen) atoms. The number of nitrogens with zero attached hydrogens (tertiary/aromatic N) is 2. The SMILES string of the molecule is CCCc1c(NC)ncnc1NC1CC1(C)C. The molecule has 1 unspecified atom stereocenters. The minimum Gasteiger partial charge on any atom is -0.373 e. The summed E-state index contributed by atoms with van der Waals surface area (Å²) >= 11 is 0. The Labute approximate surface area is 103 Å². The second-order valence-corrected chi connectivity index (χ2v) is 5.44. The molecule has 1 saturated carbocycles. The van der Waals surface area contributed by atoms with Crippen LogP contribution in [0.1, 0.15) is 39.2 Å². The Bertz CT molecular complexity index is 400. The predicted octanol–water partition coefficient (Wildman–Crippen LogP) is 2.68. The van der Waals surface area contributed by atoms with Crippen molar-refractivity contribution in [2.75, 3.05) is 17.7 Å². The quantitative estimate of drug-likeness (QED) is 0.822. The van der Waals surface area contributed by atoms with Gasteiger partial charge in [0.25, 0.3) is 0 Å². The summed E-state index contributed by atoms with van der Waals surface area (Å²) in [6, 6.07) is 0.553. The summed E-state index contributed by atoms with van der Waals surface area (Å²) in [5, 5.41) is 6.69. The third kappa shape index (κ3) is 2.51. The Kier molecular flexibility index (Phi) is 3.22. The zero-order valence-electron chi connectivity index (χ0n) is 11.2. The van der Waals surface area contributed by atoms with Crippen molar-refractivity contribution in [3.63, 3.8) is 0 Å². The van der Waals surface area contributed by atoms with E-state index in [9.17, 15) is 0 Å². The van der Waals surface area contributed by atoms with E-state index in [4.69, 9.17) is 0 Å². The summed E-state index contributed by atoms with van der Waals surface area (Å²) in [6.45, 7) is 6.74. The molecule has 2 rings (SSSR count). The largest absolute Gasteiger partial charge is 0.373 e. The molecule has 2 N–H and O–H groups in total. The van der Waals surface area contributed by atoms with Gasteiger partial charge in [-0.3, -0.25) is 0 Å². The standard InChI is InChI=1S/C13H22N4/c1-5-6-9-11(14-4)15-8-16-12(9)17-10-7-13(10,2)3/h8,10H,5-7H2,1-4H3,(H2,14,15,16,17). The van der Waals surface area contributed by atoms with E-state index in [1.54, 1.807) is 6.33 Å². The van der Waals surface area contributed by atoms with Crippen molar-refractivity contribution in [2.45, 2.75) is 46.1 Å². The lowest BCUT2D eigenvalue weighted by molar-refractivity contribution is 0.629. The van der Waals surface area contributed by atoms with Crippen molar-refractivity contribution in [3.05, 3.63) is 11.9 Å². The van der Waals surface area contributed by atoms with Gasteiger partial charge in [-0.2, -0.15) is 0 Å². The first-order chi connectivity index (χ1) is 8.08. The fraction of sp³-hybridized carbons (Fsp3) is 0.692. The van der Waals surface area contributed by atoms with Crippen LogP contribution in [0.15, 0.2) is 6.33 Å².